The van der Waals surface area contributed by atoms with E-state index in [9.17, 15) is 14.4 Å². The zero-order chi connectivity index (χ0) is 10.3. The van der Waals surface area contributed by atoms with Crippen LogP contribution in [0.4, 0.5) is 0 Å². The molecule has 0 bridgehead atoms. The maximum absolute atomic E-state index is 10.6. The smallest absolute Gasteiger partial charge is 0.331 e. The van der Waals surface area contributed by atoms with Crippen molar-refractivity contribution in [3.8, 4) is 0 Å². The Morgan fingerprint density at radius 1 is 1.15 bits per heavy atom. The van der Waals surface area contributed by atoms with Gasteiger partial charge in [-0.2, -0.15) is 0 Å². The highest BCUT2D eigenvalue weighted by atomic mass is 16.5. The number of carbonyl (C=O) groups is 3. The molecule has 2 N–H and O–H groups in total. The zero-order valence-corrected chi connectivity index (χ0v) is 6.60. The summed E-state index contributed by atoms with van der Waals surface area (Å²) in [5.41, 5.74) is 0. The summed E-state index contributed by atoms with van der Waals surface area (Å²) in [4.78, 5) is 30.4. The zero-order valence-electron chi connectivity index (χ0n) is 6.60. The molecule has 0 aromatic heterocycles. The molecule has 0 aliphatic carbocycles. The monoisotopic (exact) mass is 188 g/mol. The van der Waals surface area contributed by atoms with E-state index in [4.69, 9.17) is 10.2 Å². The van der Waals surface area contributed by atoms with E-state index in [0.29, 0.717) is 12.2 Å². The minimum Gasteiger partial charge on any atom is -0.481 e. The van der Waals surface area contributed by atoms with Crippen LogP contribution in [0.15, 0.2) is 12.2 Å². The maximum atomic E-state index is 10.6. The normalized spacial score (nSPS) is 9.85. The SMILES string of the molecule is O=C(O)/C=C/C(=O)OCCC(=O)O. The molecule has 0 fully saturated rings. The molecule has 0 unspecified atom stereocenters. The first-order valence-corrected chi connectivity index (χ1v) is 3.32. The average molecular weight is 188 g/mol. The van der Waals surface area contributed by atoms with Gasteiger partial charge in [-0.1, -0.05) is 0 Å². The third-order valence-electron chi connectivity index (χ3n) is 0.922. The highest BCUT2D eigenvalue weighted by Crippen LogP contribution is 1.86. The van der Waals surface area contributed by atoms with E-state index in [0.717, 1.165) is 0 Å². The molecule has 0 aliphatic rings. The van der Waals surface area contributed by atoms with Crippen LogP contribution >= 0.6 is 0 Å². The molecule has 0 rings (SSSR count). The van der Waals surface area contributed by atoms with Gasteiger partial charge in [-0.3, -0.25) is 4.79 Å². The minimum absolute atomic E-state index is 0.266. The molecule has 0 heterocycles. The van der Waals surface area contributed by atoms with Crippen molar-refractivity contribution in [1.29, 1.82) is 0 Å². The van der Waals surface area contributed by atoms with Crippen LogP contribution in [0, 0.1) is 0 Å². The minimum atomic E-state index is -1.27. The molecule has 0 aromatic rings. The Balaban J connectivity index is 3.64. The Labute approximate surface area is 73.4 Å². The van der Waals surface area contributed by atoms with Gasteiger partial charge in [0.1, 0.15) is 6.61 Å². The first-order chi connectivity index (χ1) is 6.02. The molecule has 6 heteroatoms. The van der Waals surface area contributed by atoms with Crippen LogP contribution in [-0.4, -0.2) is 34.7 Å². The first kappa shape index (κ1) is 11.2. The molecule has 0 aromatic carbocycles. The highest BCUT2D eigenvalue weighted by molar-refractivity contribution is 5.90. The van der Waals surface area contributed by atoms with Gasteiger partial charge in [0.05, 0.1) is 6.42 Å². The van der Waals surface area contributed by atoms with Gasteiger partial charge in [0.2, 0.25) is 0 Å². The van der Waals surface area contributed by atoms with Crippen LogP contribution in [-0.2, 0) is 19.1 Å². The van der Waals surface area contributed by atoms with Crippen molar-refractivity contribution >= 4 is 17.9 Å². The van der Waals surface area contributed by atoms with E-state index in [2.05, 4.69) is 4.74 Å². The lowest BCUT2D eigenvalue weighted by Crippen LogP contribution is -2.07. The van der Waals surface area contributed by atoms with Crippen molar-refractivity contribution in [3.05, 3.63) is 12.2 Å². The largest absolute Gasteiger partial charge is 0.481 e. The highest BCUT2D eigenvalue weighted by Gasteiger charge is 2.00. The van der Waals surface area contributed by atoms with Crippen LogP contribution in [0.1, 0.15) is 6.42 Å². The summed E-state index contributed by atoms with van der Waals surface area (Å²) in [6.07, 6.45) is 1.03. The second-order valence-corrected chi connectivity index (χ2v) is 1.98. The molecule has 0 saturated carbocycles. The number of hydrogen-bond donors (Lipinski definition) is 2. The summed E-state index contributed by atoms with van der Waals surface area (Å²) in [5, 5.41) is 16.2. The average Bonchev–Trinajstić information content (AvgIpc) is 2.00. The predicted octanol–water partition coefficient (Wildman–Crippen LogP) is -0.355. The standard InChI is InChI=1S/C7H8O6/c8-5(9)1-2-7(12)13-4-3-6(10)11/h1-2H,3-4H2,(H,8,9)(H,10,11)/b2-1+. The van der Waals surface area contributed by atoms with Gasteiger partial charge in [-0.15, -0.1) is 0 Å². The summed E-state index contributed by atoms with van der Waals surface area (Å²) in [6, 6.07) is 0. The van der Waals surface area contributed by atoms with Gasteiger partial charge in [-0.25, -0.2) is 9.59 Å². The molecule has 0 spiro atoms. The summed E-state index contributed by atoms with van der Waals surface area (Å²) < 4.78 is 4.33. The van der Waals surface area contributed by atoms with Crippen molar-refractivity contribution in [2.75, 3.05) is 6.61 Å². The molecule has 13 heavy (non-hydrogen) atoms. The first-order valence-electron chi connectivity index (χ1n) is 3.32. The van der Waals surface area contributed by atoms with Crippen LogP contribution in [0.3, 0.4) is 0 Å². The number of carbonyl (C=O) groups excluding carboxylic acids is 1. The van der Waals surface area contributed by atoms with E-state index in [1.807, 2.05) is 0 Å². The van der Waals surface area contributed by atoms with Gasteiger partial charge < -0.3 is 14.9 Å². The van der Waals surface area contributed by atoms with E-state index >= 15 is 0 Å². The fraction of sp³-hybridized carbons (Fsp3) is 0.286. The molecule has 0 amide bonds. The molecule has 0 atom stereocenters. The summed E-state index contributed by atoms with van der Waals surface area (Å²) in [5.74, 6) is -3.23. The fourth-order valence-electron chi connectivity index (χ4n) is 0.426. The second kappa shape index (κ2) is 5.76. The molecule has 72 valence electrons. The number of carboxylic acid groups (broad SMARTS) is 2. The van der Waals surface area contributed by atoms with E-state index in [1.165, 1.54) is 0 Å². The van der Waals surface area contributed by atoms with Crippen LogP contribution in [0.25, 0.3) is 0 Å². The van der Waals surface area contributed by atoms with Gasteiger partial charge in [0.15, 0.2) is 0 Å². The van der Waals surface area contributed by atoms with Gasteiger partial charge in [0.25, 0.3) is 0 Å². The summed E-state index contributed by atoms with van der Waals surface area (Å²) in [6.45, 7) is -0.266. The number of esters is 1. The molecular formula is C7H8O6. The summed E-state index contributed by atoms with van der Waals surface area (Å²) in [7, 11) is 0. The van der Waals surface area contributed by atoms with Crippen LogP contribution in [0.5, 0.6) is 0 Å². The number of ether oxygens (including phenoxy) is 1. The number of aliphatic carboxylic acids is 2. The Bertz CT molecular complexity index is 241. The Kier molecular flexibility index (Phi) is 4.94. The quantitative estimate of drug-likeness (QED) is 0.451. The van der Waals surface area contributed by atoms with E-state index in [-0.39, 0.29) is 13.0 Å². The van der Waals surface area contributed by atoms with Gasteiger partial charge in [0, 0.05) is 12.2 Å². The Morgan fingerprint density at radius 2 is 1.77 bits per heavy atom. The number of hydrogen-bond acceptors (Lipinski definition) is 4. The molecule has 0 saturated heterocycles. The van der Waals surface area contributed by atoms with Crippen molar-refractivity contribution in [1.82, 2.24) is 0 Å². The number of rotatable bonds is 5. The second-order valence-electron chi connectivity index (χ2n) is 1.98. The number of carboxylic acids is 2. The molecule has 0 radical (unpaired) electrons. The van der Waals surface area contributed by atoms with Crippen molar-refractivity contribution < 1.29 is 29.3 Å². The lowest BCUT2D eigenvalue weighted by molar-refractivity contribution is -0.143. The predicted molar refractivity (Wildman–Crippen MR) is 40.0 cm³/mol. The van der Waals surface area contributed by atoms with Crippen molar-refractivity contribution in [2.24, 2.45) is 0 Å². The van der Waals surface area contributed by atoms with Crippen molar-refractivity contribution in [2.45, 2.75) is 6.42 Å². The van der Waals surface area contributed by atoms with Crippen LogP contribution in [0.2, 0.25) is 0 Å². The lowest BCUT2D eigenvalue weighted by Gasteiger charge is -1.96. The van der Waals surface area contributed by atoms with Crippen LogP contribution < -0.4 is 0 Å². The molecule has 0 aliphatic heterocycles. The molecule has 6 nitrogen and oxygen atoms in total. The Morgan fingerprint density at radius 3 is 2.23 bits per heavy atom. The van der Waals surface area contributed by atoms with Gasteiger partial charge >= 0.3 is 17.9 Å². The topological polar surface area (TPSA) is 101 Å². The van der Waals surface area contributed by atoms with Gasteiger partial charge in [-0.05, 0) is 0 Å². The third-order valence-corrected chi connectivity index (χ3v) is 0.922. The fourth-order valence-corrected chi connectivity index (χ4v) is 0.426. The van der Waals surface area contributed by atoms with E-state index in [1.54, 1.807) is 0 Å². The lowest BCUT2D eigenvalue weighted by atomic mass is 10.4. The Hall–Kier alpha value is -1.85. The third kappa shape index (κ3) is 8.05. The van der Waals surface area contributed by atoms with E-state index < -0.39 is 17.9 Å². The maximum Gasteiger partial charge on any atom is 0.331 e. The molecular weight excluding hydrogens is 180 g/mol. The van der Waals surface area contributed by atoms with Crippen molar-refractivity contribution in [3.63, 3.8) is 0 Å². The summed E-state index contributed by atoms with van der Waals surface area (Å²) >= 11 is 0.